The quantitative estimate of drug-likeness (QED) is 0.273. The van der Waals surface area contributed by atoms with Gasteiger partial charge in [0.15, 0.2) is 6.61 Å². The predicted octanol–water partition coefficient (Wildman–Crippen LogP) is 4.08. The molecule has 3 aliphatic heterocycles. The summed E-state index contributed by atoms with van der Waals surface area (Å²) in [5, 5.41) is 12.7. The minimum Gasteiger partial charge on any atom is -0.482 e. The summed E-state index contributed by atoms with van der Waals surface area (Å²) >= 11 is 5.96. The smallest absolute Gasteiger partial charge is 0.265 e. The van der Waals surface area contributed by atoms with Gasteiger partial charge >= 0.3 is 0 Å². The normalized spacial score (nSPS) is 20.5. The van der Waals surface area contributed by atoms with Crippen LogP contribution in [0.15, 0.2) is 30.6 Å². The number of likely N-dealkylation sites (tertiary alicyclic amines) is 1. The first kappa shape index (κ1) is 31.5. The Kier molecular flexibility index (Phi) is 8.35. The third kappa shape index (κ3) is 6.05. The fourth-order valence-corrected chi connectivity index (χ4v) is 7.19. The van der Waals surface area contributed by atoms with E-state index in [4.69, 9.17) is 37.2 Å². The van der Waals surface area contributed by atoms with Gasteiger partial charge < -0.3 is 25.9 Å². The van der Waals surface area contributed by atoms with Gasteiger partial charge in [0, 0.05) is 54.3 Å². The molecule has 1 aliphatic carbocycles. The Labute approximate surface area is 278 Å². The van der Waals surface area contributed by atoms with E-state index >= 15 is 0 Å². The van der Waals surface area contributed by atoms with E-state index in [1.54, 1.807) is 17.0 Å². The third-order valence-electron chi connectivity index (χ3n) is 9.77. The van der Waals surface area contributed by atoms with Crippen LogP contribution in [0.5, 0.6) is 5.75 Å². The summed E-state index contributed by atoms with van der Waals surface area (Å²) in [6, 6.07) is 6.10. The number of nitrogens with one attached hydrogen (secondary N) is 2. The maximum atomic E-state index is 13.2. The van der Waals surface area contributed by atoms with Gasteiger partial charge in [-0.05, 0) is 49.3 Å². The topological polar surface area (TPSA) is 160 Å². The molecule has 0 radical (unpaired) electrons. The second-order valence-corrected chi connectivity index (χ2v) is 13.9. The van der Waals surface area contributed by atoms with E-state index in [9.17, 15) is 9.59 Å². The van der Waals surface area contributed by atoms with E-state index < -0.39 is 5.91 Å². The van der Waals surface area contributed by atoms with E-state index in [0.717, 1.165) is 45.6 Å². The highest BCUT2D eigenvalue weighted by atomic mass is 35.5. The zero-order valence-corrected chi connectivity index (χ0v) is 27.3. The second-order valence-electron chi connectivity index (χ2n) is 13.5. The molecular formula is C34H39ClN8O4. The maximum Gasteiger partial charge on any atom is 0.265 e. The minimum atomic E-state index is -0.609. The molecule has 0 bridgehead atoms. The highest BCUT2D eigenvalue weighted by molar-refractivity contribution is 6.30. The minimum absolute atomic E-state index is 0.139. The van der Waals surface area contributed by atoms with Gasteiger partial charge in [-0.15, -0.1) is 0 Å². The number of halogens is 1. The number of carbonyl (C=O) groups is 2. The van der Waals surface area contributed by atoms with Crippen LogP contribution in [-0.4, -0.2) is 82.9 Å². The van der Waals surface area contributed by atoms with Crippen molar-refractivity contribution in [1.82, 2.24) is 19.9 Å². The molecule has 13 heteroatoms. The van der Waals surface area contributed by atoms with E-state index in [2.05, 4.69) is 34.0 Å². The van der Waals surface area contributed by atoms with Crippen molar-refractivity contribution >= 4 is 41.1 Å². The van der Waals surface area contributed by atoms with E-state index in [1.807, 2.05) is 6.07 Å². The number of amides is 2. The van der Waals surface area contributed by atoms with Gasteiger partial charge in [0.1, 0.15) is 17.4 Å². The number of hydrogen-bond donors (Lipinski definition) is 3. The van der Waals surface area contributed by atoms with Crippen LogP contribution in [0.3, 0.4) is 0 Å². The number of nitrogens with zero attached hydrogens (tertiary/aromatic N) is 5. The summed E-state index contributed by atoms with van der Waals surface area (Å²) in [7, 11) is 0. The zero-order valence-electron chi connectivity index (χ0n) is 26.6. The van der Waals surface area contributed by atoms with Gasteiger partial charge in [0.25, 0.3) is 11.8 Å². The Morgan fingerprint density at radius 3 is 2.66 bits per heavy atom. The number of rotatable bonds is 10. The molecule has 1 spiro atoms. The summed E-state index contributed by atoms with van der Waals surface area (Å²) in [6.07, 6.45) is 8.00. The molecule has 2 saturated heterocycles. The molecule has 47 heavy (non-hydrogen) atoms. The highest BCUT2D eigenvalue weighted by Crippen LogP contribution is 2.54. The van der Waals surface area contributed by atoms with Crippen molar-refractivity contribution in [1.29, 1.82) is 5.41 Å². The summed E-state index contributed by atoms with van der Waals surface area (Å²) in [6.45, 7) is 7.71. The molecule has 1 saturated carbocycles. The number of ether oxygens (including phenoxy) is 2. The molecule has 4 aliphatic rings. The first-order chi connectivity index (χ1) is 22.7. The van der Waals surface area contributed by atoms with Crippen LogP contribution >= 0.6 is 11.6 Å². The van der Waals surface area contributed by atoms with Gasteiger partial charge in [-0.3, -0.25) is 19.4 Å². The second kappa shape index (κ2) is 12.5. The van der Waals surface area contributed by atoms with Crippen molar-refractivity contribution in [3.8, 4) is 16.9 Å². The van der Waals surface area contributed by atoms with Crippen LogP contribution in [0, 0.1) is 16.7 Å². The number of pyridine rings is 1. The van der Waals surface area contributed by atoms with E-state index in [0.29, 0.717) is 68.5 Å². The molecular weight excluding hydrogens is 620 g/mol. The van der Waals surface area contributed by atoms with Crippen LogP contribution in [0.4, 0.5) is 11.5 Å². The van der Waals surface area contributed by atoms with Gasteiger partial charge in [0.2, 0.25) is 0 Å². The molecule has 1 aromatic carbocycles. The standard InChI is InChI=1S/C34H39ClN8O4/c1-19(2)9-24-31(32(37)45)30(20-3-4-25-26(10-20)47-17-29(44)43(25)14-28-38-12-21(35)13-39-28)23(11-36)33(40-24)41-27-5-8-42(22-15-46-16-22)18-34(27)6-7-34/h3-4,10-13,19,22,27,36H,5-9,14-18H2,1-2H3,(H2,37,45)(H,40,41). The monoisotopic (exact) mass is 658 g/mol. The number of primary amides is 1. The predicted molar refractivity (Wildman–Crippen MR) is 178 cm³/mol. The zero-order chi connectivity index (χ0) is 32.9. The number of fused-ring (bicyclic) bond motifs is 1. The largest absolute Gasteiger partial charge is 0.482 e. The van der Waals surface area contributed by atoms with Crippen LogP contribution < -0.4 is 20.7 Å². The summed E-state index contributed by atoms with van der Waals surface area (Å²) in [5.41, 5.74) is 9.34. The van der Waals surface area contributed by atoms with Crippen LogP contribution in [0.1, 0.15) is 60.5 Å². The fraction of sp³-hybridized carbons (Fsp3) is 0.471. The molecule has 4 N–H and O–H groups in total. The maximum absolute atomic E-state index is 13.2. The lowest BCUT2D eigenvalue weighted by Crippen LogP contribution is -2.57. The van der Waals surface area contributed by atoms with Gasteiger partial charge in [-0.2, -0.15) is 0 Å². The Morgan fingerprint density at radius 1 is 1.26 bits per heavy atom. The lowest BCUT2D eigenvalue weighted by molar-refractivity contribution is -0.121. The number of anilines is 2. The van der Waals surface area contributed by atoms with Crippen molar-refractivity contribution in [2.75, 3.05) is 43.1 Å². The Bertz CT molecular complexity index is 1720. The number of piperidine rings is 1. The van der Waals surface area contributed by atoms with Gasteiger partial charge in [-0.25, -0.2) is 15.0 Å². The van der Waals surface area contributed by atoms with Gasteiger partial charge in [-0.1, -0.05) is 31.5 Å². The molecule has 3 fully saturated rings. The lowest BCUT2D eigenvalue weighted by atomic mass is 9.86. The molecule has 1 unspecified atom stereocenters. The number of benzene rings is 1. The average Bonchev–Trinajstić information content (AvgIpc) is 3.78. The average molecular weight is 659 g/mol. The van der Waals surface area contributed by atoms with E-state index in [1.165, 1.54) is 18.6 Å². The lowest BCUT2D eigenvalue weighted by Gasteiger charge is -2.46. The van der Waals surface area contributed by atoms with Crippen molar-refractivity contribution in [3.63, 3.8) is 0 Å². The number of hydrogen-bond acceptors (Lipinski definition) is 10. The van der Waals surface area contributed by atoms with Crippen LogP contribution in [0.25, 0.3) is 11.1 Å². The summed E-state index contributed by atoms with van der Waals surface area (Å²) in [4.78, 5) is 43.8. The summed E-state index contributed by atoms with van der Waals surface area (Å²) < 4.78 is 11.4. The molecule has 3 aromatic rings. The Morgan fingerprint density at radius 2 is 2.02 bits per heavy atom. The SMILES string of the molecule is CC(C)Cc1nc(NC2CCN(C3COC3)CC23CC3)c(C=N)c(-c2ccc3c(c2)OCC(=O)N3Cc2ncc(Cl)cn2)c1C(N)=O. The molecule has 2 aromatic heterocycles. The van der Waals surface area contributed by atoms with Gasteiger partial charge in [0.05, 0.1) is 47.8 Å². The molecule has 12 nitrogen and oxygen atoms in total. The highest BCUT2D eigenvalue weighted by Gasteiger charge is 2.54. The first-order valence-electron chi connectivity index (χ1n) is 16.2. The number of carbonyl (C=O) groups excluding carboxylic acids is 2. The third-order valence-corrected chi connectivity index (χ3v) is 9.96. The van der Waals surface area contributed by atoms with Crippen molar-refractivity contribution < 1.29 is 19.1 Å². The van der Waals surface area contributed by atoms with Crippen LogP contribution in [0.2, 0.25) is 5.02 Å². The number of aromatic nitrogens is 3. The Hall–Kier alpha value is -4.13. The first-order valence-corrected chi connectivity index (χ1v) is 16.5. The fourth-order valence-electron chi connectivity index (χ4n) is 7.09. The van der Waals surface area contributed by atoms with Crippen molar-refractivity contribution in [3.05, 3.63) is 58.3 Å². The molecule has 246 valence electrons. The molecule has 2 amide bonds. The van der Waals surface area contributed by atoms with Crippen molar-refractivity contribution in [2.24, 2.45) is 17.1 Å². The molecule has 7 rings (SSSR count). The molecule has 1 atom stereocenters. The summed E-state index contributed by atoms with van der Waals surface area (Å²) in [5.74, 6) is 0.844. The van der Waals surface area contributed by atoms with E-state index in [-0.39, 0.29) is 36.4 Å². The molecule has 5 heterocycles. The van der Waals surface area contributed by atoms with Crippen LogP contribution in [-0.2, 0) is 22.5 Å². The number of nitrogens with two attached hydrogens (primary N) is 1. The van der Waals surface area contributed by atoms with Crippen molar-refractivity contribution in [2.45, 2.75) is 58.2 Å². The Balaban J connectivity index is 1.28.